The van der Waals surface area contributed by atoms with E-state index in [4.69, 9.17) is 0 Å². The normalized spacial score (nSPS) is 12.4. The van der Waals surface area contributed by atoms with Gasteiger partial charge < -0.3 is 10.6 Å². The molecule has 1 aromatic carbocycles. The van der Waals surface area contributed by atoms with Gasteiger partial charge in [-0.3, -0.25) is 19.2 Å². The largest absolute Gasteiger partial charge is 0.350 e. The lowest BCUT2D eigenvalue weighted by Crippen LogP contribution is -2.38. The zero-order chi connectivity index (χ0) is 22.3. The van der Waals surface area contributed by atoms with Gasteiger partial charge in [-0.1, -0.05) is 13.8 Å². The highest BCUT2D eigenvalue weighted by Crippen LogP contribution is 2.24. The van der Waals surface area contributed by atoms with E-state index < -0.39 is 15.9 Å². The van der Waals surface area contributed by atoms with Crippen LogP contribution in [0.3, 0.4) is 0 Å². The van der Waals surface area contributed by atoms with Crippen LogP contribution >= 0.6 is 11.3 Å². The summed E-state index contributed by atoms with van der Waals surface area (Å²) in [5.74, 6) is -0.718. The van der Waals surface area contributed by atoms with Crippen LogP contribution in [-0.4, -0.2) is 51.0 Å². The van der Waals surface area contributed by atoms with Crippen LogP contribution < -0.4 is 15.4 Å². The highest BCUT2D eigenvalue weighted by Gasteiger charge is 2.21. The van der Waals surface area contributed by atoms with E-state index in [9.17, 15) is 18.0 Å². The number of carbonyl (C=O) groups excluding carboxylic acids is 2. The lowest BCUT2D eigenvalue weighted by Gasteiger charge is -2.29. The second-order valence-corrected chi connectivity index (χ2v) is 9.35. The predicted molar refractivity (Wildman–Crippen MR) is 122 cm³/mol. The van der Waals surface area contributed by atoms with Crippen molar-refractivity contribution < 1.29 is 18.0 Å². The monoisotopic (exact) mass is 452 g/mol. The van der Waals surface area contributed by atoms with Crippen molar-refractivity contribution in [2.75, 3.05) is 35.9 Å². The van der Waals surface area contributed by atoms with Crippen LogP contribution in [0.25, 0.3) is 0 Å². The minimum Gasteiger partial charge on any atom is -0.350 e. The Morgan fingerprint density at radius 2 is 1.87 bits per heavy atom. The maximum absolute atomic E-state index is 13.0. The molecule has 3 N–H and O–H groups in total. The number of anilines is 2. The lowest BCUT2D eigenvalue weighted by atomic mass is 10.1. The Kier molecular flexibility index (Phi) is 8.39. The molecule has 0 aliphatic heterocycles. The van der Waals surface area contributed by atoms with E-state index in [-0.39, 0.29) is 23.2 Å². The lowest BCUT2D eigenvalue weighted by molar-refractivity contribution is -0.114. The third kappa shape index (κ3) is 6.82. The van der Waals surface area contributed by atoms with E-state index in [1.165, 1.54) is 25.1 Å². The number of sulfonamides is 1. The van der Waals surface area contributed by atoms with Gasteiger partial charge in [-0.05, 0) is 53.7 Å². The molecule has 2 rings (SSSR count). The van der Waals surface area contributed by atoms with E-state index in [0.29, 0.717) is 12.2 Å². The summed E-state index contributed by atoms with van der Waals surface area (Å²) >= 11 is 1.60. The van der Waals surface area contributed by atoms with Gasteiger partial charge in [0.05, 0.1) is 23.5 Å². The molecular weight excluding hydrogens is 424 g/mol. The van der Waals surface area contributed by atoms with Crippen molar-refractivity contribution in [3.8, 4) is 0 Å². The second kappa shape index (κ2) is 10.6. The smallest absolute Gasteiger partial charge is 0.253 e. The van der Waals surface area contributed by atoms with Gasteiger partial charge in [-0.25, -0.2) is 8.42 Å². The van der Waals surface area contributed by atoms with Gasteiger partial charge in [-0.15, -0.1) is 0 Å². The molecule has 0 radical (unpaired) electrons. The maximum atomic E-state index is 13.0. The van der Waals surface area contributed by atoms with Gasteiger partial charge in [0.2, 0.25) is 15.9 Å². The maximum Gasteiger partial charge on any atom is 0.253 e. The van der Waals surface area contributed by atoms with Crippen molar-refractivity contribution in [2.24, 2.45) is 0 Å². The molecule has 8 nitrogen and oxygen atoms in total. The zero-order valence-electron chi connectivity index (χ0n) is 17.6. The summed E-state index contributed by atoms with van der Waals surface area (Å²) in [7, 11) is -3.58. The van der Waals surface area contributed by atoms with Crippen LogP contribution in [-0.2, 0) is 14.8 Å². The van der Waals surface area contributed by atoms with E-state index in [1.54, 1.807) is 11.3 Å². The highest BCUT2D eigenvalue weighted by molar-refractivity contribution is 7.92. The fraction of sp³-hybridized carbons (Fsp3) is 0.400. The highest BCUT2D eigenvalue weighted by atomic mass is 32.2. The second-order valence-electron chi connectivity index (χ2n) is 6.82. The Hall–Kier alpha value is -2.43. The minimum absolute atomic E-state index is 0.0000409. The molecule has 1 heterocycles. The molecule has 164 valence electrons. The number of hydrogen-bond acceptors (Lipinski definition) is 6. The van der Waals surface area contributed by atoms with E-state index in [0.717, 1.165) is 24.9 Å². The van der Waals surface area contributed by atoms with Gasteiger partial charge in [0.1, 0.15) is 0 Å². The Balaban J connectivity index is 2.29. The molecule has 1 unspecified atom stereocenters. The summed E-state index contributed by atoms with van der Waals surface area (Å²) in [4.78, 5) is 26.6. The number of thiophene rings is 1. The van der Waals surface area contributed by atoms with E-state index in [2.05, 4.69) is 39.5 Å². The van der Waals surface area contributed by atoms with Crippen LogP contribution in [0.5, 0.6) is 0 Å². The Morgan fingerprint density at radius 3 is 2.40 bits per heavy atom. The topological polar surface area (TPSA) is 108 Å². The van der Waals surface area contributed by atoms with Crippen LogP contribution in [0.2, 0.25) is 0 Å². The number of benzene rings is 1. The Morgan fingerprint density at radius 1 is 1.17 bits per heavy atom. The molecule has 1 aromatic heterocycles. The summed E-state index contributed by atoms with van der Waals surface area (Å²) in [6.07, 6.45) is 1.02. The van der Waals surface area contributed by atoms with Crippen LogP contribution in [0.1, 0.15) is 42.7 Å². The molecule has 1 atom stereocenters. The van der Waals surface area contributed by atoms with Crippen molar-refractivity contribution in [2.45, 2.75) is 26.8 Å². The summed E-state index contributed by atoms with van der Waals surface area (Å²) in [6, 6.07) is 6.49. The van der Waals surface area contributed by atoms with Crippen molar-refractivity contribution in [3.63, 3.8) is 0 Å². The summed E-state index contributed by atoms with van der Waals surface area (Å²) < 4.78 is 25.8. The standard InChI is InChI=1S/C20H28N4O4S2/c1-5-24(6-2)19(15-9-10-29-13-15)12-21-20(26)17-11-16(22-14(3)25)7-8-18(17)23-30(4,27)28/h7-11,13,19,23H,5-6,12H2,1-4H3,(H,21,26)(H,22,25). The van der Waals surface area contributed by atoms with Gasteiger partial charge in [0, 0.05) is 19.2 Å². The van der Waals surface area contributed by atoms with Crippen LogP contribution in [0.15, 0.2) is 35.0 Å². The number of amides is 2. The van der Waals surface area contributed by atoms with Gasteiger partial charge in [-0.2, -0.15) is 11.3 Å². The first kappa shape index (κ1) is 23.8. The first-order chi connectivity index (χ1) is 14.1. The summed E-state index contributed by atoms with van der Waals surface area (Å²) in [6.45, 7) is 7.50. The molecule has 0 bridgehead atoms. The van der Waals surface area contributed by atoms with Gasteiger partial charge in [0.15, 0.2) is 0 Å². The fourth-order valence-corrected chi connectivity index (χ4v) is 4.46. The quantitative estimate of drug-likeness (QED) is 0.514. The molecule has 2 aromatic rings. The Bertz CT molecular complexity index is 971. The first-order valence-corrected chi connectivity index (χ1v) is 12.4. The molecule has 30 heavy (non-hydrogen) atoms. The number of nitrogens with one attached hydrogen (secondary N) is 3. The number of rotatable bonds is 10. The fourth-order valence-electron chi connectivity index (χ4n) is 3.17. The molecule has 2 amide bonds. The van der Waals surface area contributed by atoms with Gasteiger partial charge in [0.25, 0.3) is 5.91 Å². The molecule has 0 spiro atoms. The predicted octanol–water partition coefficient (Wildman–Crippen LogP) is 2.89. The molecule has 0 saturated carbocycles. The molecule has 10 heteroatoms. The average Bonchev–Trinajstić information content (AvgIpc) is 3.19. The molecule has 0 fully saturated rings. The number of carbonyl (C=O) groups is 2. The third-order valence-corrected chi connectivity index (χ3v) is 5.81. The van der Waals surface area contributed by atoms with E-state index >= 15 is 0 Å². The van der Waals surface area contributed by atoms with Crippen LogP contribution in [0, 0.1) is 0 Å². The van der Waals surface area contributed by atoms with Crippen molar-refractivity contribution >= 4 is 44.5 Å². The third-order valence-electron chi connectivity index (χ3n) is 4.52. The van der Waals surface area contributed by atoms with Crippen LogP contribution in [0.4, 0.5) is 11.4 Å². The van der Waals surface area contributed by atoms with Gasteiger partial charge >= 0.3 is 0 Å². The summed E-state index contributed by atoms with van der Waals surface area (Å²) in [5.41, 5.74) is 1.81. The van der Waals surface area contributed by atoms with Crippen molar-refractivity contribution in [1.29, 1.82) is 0 Å². The number of nitrogens with zero attached hydrogens (tertiary/aromatic N) is 1. The van der Waals surface area contributed by atoms with E-state index in [1.807, 2.05) is 11.4 Å². The number of hydrogen-bond donors (Lipinski definition) is 3. The number of likely N-dealkylation sites (N-methyl/N-ethyl adjacent to an activating group) is 1. The Labute approximate surface area is 181 Å². The molecule has 0 aliphatic carbocycles. The molecular formula is C20H28N4O4S2. The molecule has 0 saturated heterocycles. The first-order valence-electron chi connectivity index (χ1n) is 9.58. The SMILES string of the molecule is CCN(CC)C(CNC(=O)c1cc(NC(C)=O)ccc1NS(C)(=O)=O)c1ccsc1. The zero-order valence-corrected chi connectivity index (χ0v) is 19.2. The molecule has 0 aliphatic rings. The summed E-state index contributed by atoms with van der Waals surface area (Å²) in [5, 5.41) is 9.59. The van der Waals surface area contributed by atoms with Crippen molar-refractivity contribution in [1.82, 2.24) is 10.2 Å². The average molecular weight is 453 g/mol. The van der Waals surface area contributed by atoms with Crippen molar-refractivity contribution in [3.05, 3.63) is 46.2 Å². The minimum atomic E-state index is -3.58.